The molecule has 0 radical (unpaired) electrons. The van der Waals surface area contributed by atoms with Crippen molar-refractivity contribution in [2.75, 3.05) is 0 Å². The van der Waals surface area contributed by atoms with E-state index < -0.39 is 3.79 Å². The number of fused-ring (bicyclic) bond motifs is 2. The summed E-state index contributed by atoms with van der Waals surface area (Å²) in [5, 5.41) is 0. The smallest absolute Gasteiger partial charge is 0.217 e. The zero-order chi connectivity index (χ0) is 10.6. The van der Waals surface area contributed by atoms with E-state index >= 15 is 0 Å². The molecule has 0 saturated carbocycles. The summed E-state index contributed by atoms with van der Waals surface area (Å²) >= 11 is 17.8. The van der Waals surface area contributed by atoms with Gasteiger partial charge in [0.15, 0.2) is 0 Å². The zero-order valence-electron chi connectivity index (χ0n) is 8.19. The SMILES string of the molecule is CC12C=CC(C)(CC1)C(C(Cl)(Cl)Cl)O2. The van der Waals surface area contributed by atoms with Crippen molar-refractivity contribution in [3.05, 3.63) is 12.2 Å². The van der Waals surface area contributed by atoms with Gasteiger partial charge in [-0.2, -0.15) is 0 Å². The van der Waals surface area contributed by atoms with E-state index in [0.717, 1.165) is 12.8 Å². The van der Waals surface area contributed by atoms with E-state index in [1.807, 2.05) is 6.92 Å². The van der Waals surface area contributed by atoms with Crippen LogP contribution in [0.5, 0.6) is 0 Å². The Hall–Kier alpha value is 0.570. The normalized spacial score (nSPS) is 47.1. The second kappa shape index (κ2) is 3.04. The number of rotatable bonds is 0. The largest absolute Gasteiger partial charge is 0.363 e. The first-order valence-corrected chi connectivity index (χ1v) is 5.84. The van der Waals surface area contributed by atoms with Gasteiger partial charge < -0.3 is 4.74 Å². The Balaban J connectivity index is 2.36. The standard InChI is InChI=1S/C10H13Cl3O/c1-8-3-5-9(2,6-4-8)14-7(8)10(11,12)13/h3,5,7H,4,6H2,1-2H3. The molecule has 1 fully saturated rings. The maximum Gasteiger partial charge on any atom is 0.217 e. The third-order valence-electron chi connectivity index (χ3n) is 3.26. The van der Waals surface area contributed by atoms with Gasteiger partial charge >= 0.3 is 0 Å². The van der Waals surface area contributed by atoms with Crippen molar-refractivity contribution in [3.63, 3.8) is 0 Å². The highest BCUT2D eigenvalue weighted by molar-refractivity contribution is 6.68. The second-order valence-corrected chi connectivity index (χ2v) is 7.06. The van der Waals surface area contributed by atoms with Crippen molar-refractivity contribution in [3.8, 4) is 0 Å². The van der Waals surface area contributed by atoms with Gasteiger partial charge in [-0.1, -0.05) is 53.9 Å². The van der Waals surface area contributed by atoms with Crippen LogP contribution in [-0.4, -0.2) is 15.5 Å². The molecule has 3 rings (SSSR count). The predicted molar refractivity (Wildman–Crippen MR) is 60.0 cm³/mol. The molecule has 1 nitrogen and oxygen atoms in total. The van der Waals surface area contributed by atoms with Crippen molar-refractivity contribution in [2.45, 2.75) is 42.2 Å². The van der Waals surface area contributed by atoms with Crippen molar-refractivity contribution in [1.29, 1.82) is 0 Å². The molecule has 4 heteroatoms. The van der Waals surface area contributed by atoms with Crippen LogP contribution in [0.25, 0.3) is 0 Å². The molecule has 14 heavy (non-hydrogen) atoms. The topological polar surface area (TPSA) is 9.23 Å². The van der Waals surface area contributed by atoms with Gasteiger partial charge in [0, 0.05) is 5.41 Å². The molecule has 3 aliphatic rings. The van der Waals surface area contributed by atoms with E-state index in [0.29, 0.717) is 0 Å². The molecule has 1 saturated heterocycles. The fourth-order valence-electron chi connectivity index (χ4n) is 2.21. The van der Waals surface area contributed by atoms with Crippen LogP contribution < -0.4 is 0 Å². The first-order valence-electron chi connectivity index (χ1n) is 4.70. The minimum Gasteiger partial charge on any atom is -0.363 e. The number of hydrogen-bond acceptors (Lipinski definition) is 1. The highest BCUT2D eigenvalue weighted by atomic mass is 35.6. The maximum absolute atomic E-state index is 5.93. The maximum atomic E-state index is 5.93. The highest BCUT2D eigenvalue weighted by Crippen LogP contribution is 2.54. The van der Waals surface area contributed by atoms with Crippen LogP contribution in [0.15, 0.2) is 12.2 Å². The summed E-state index contributed by atoms with van der Waals surface area (Å²) in [7, 11) is 0. The van der Waals surface area contributed by atoms with Crippen molar-refractivity contribution in [1.82, 2.24) is 0 Å². The Bertz CT molecular complexity index is 284. The minimum absolute atomic E-state index is 0.136. The summed E-state index contributed by atoms with van der Waals surface area (Å²) in [5.41, 5.74) is -0.380. The molecule has 80 valence electrons. The molecule has 3 unspecified atom stereocenters. The lowest BCUT2D eigenvalue weighted by Gasteiger charge is -2.53. The summed E-state index contributed by atoms with van der Waals surface area (Å²) in [6.45, 7) is 4.11. The van der Waals surface area contributed by atoms with Crippen LogP contribution in [0, 0.1) is 5.41 Å². The summed E-state index contributed by atoms with van der Waals surface area (Å²) in [6.07, 6.45) is 5.88. The van der Waals surface area contributed by atoms with Crippen molar-refractivity contribution < 1.29 is 4.74 Å². The first-order chi connectivity index (χ1) is 6.25. The minimum atomic E-state index is -1.35. The Morgan fingerprint density at radius 2 is 1.86 bits per heavy atom. The van der Waals surface area contributed by atoms with E-state index in [2.05, 4.69) is 19.1 Å². The average molecular weight is 256 g/mol. The van der Waals surface area contributed by atoms with Gasteiger partial charge in [-0.3, -0.25) is 0 Å². The molecule has 0 aromatic heterocycles. The lowest BCUT2D eigenvalue weighted by atomic mass is 9.69. The molecule has 0 N–H and O–H groups in total. The Labute approximate surface area is 99.3 Å². The third-order valence-corrected chi connectivity index (χ3v) is 3.85. The molecule has 2 bridgehead atoms. The van der Waals surface area contributed by atoms with Crippen molar-refractivity contribution in [2.24, 2.45) is 5.41 Å². The molecule has 3 atom stereocenters. The van der Waals surface area contributed by atoms with Gasteiger partial charge in [-0.15, -0.1) is 0 Å². The Morgan fingerprint density at radius 1 is 1.21 bits per heavy atom. The number of alkyl halides is 3. The molecule has 0 spiro atoms. The summed E-state index contributed by atoms with van der Waals surface area (Å²) in [6, 6.07) is 0. The lowest BCUT2D eigenvalue weighted by molar-refractivity contribution is -0.149. The fraction of sp³-hybridized carbons (Fsp3) is 0.800. The molecular formula is C10H13Cl3O. The first kappa shape index (κ1) is 11.1. The quantitative estimate of drug-likeness (QED) is 0.472. The van der Waals surface area contributed by atoms with Crippen LogP contribution in [0.1, 0.15) is 26.7 Å². The van der Waals surface area contributed by atoms with Crippen LogP contribution >= 0.6 is 34.8 Å². The fourth-order valence-corrected chi connectivity index (χ4v) is 3.09. The molecule has 2 heterocycles. The van der Waals surface area contributed by atoms with Gasteiger partial charge in [-0.05, 0) is 19.8 Å². The highest BCUT2D eigenvalue weighted by Gasteiger charge is 2.54. The molecule has 0 aromatic carbocycles. The van der Waals surface area contributed by atoms with Gasteiger partial charge in [0.25, 0.3) is 0 Å². The predicted octanol–water partition coefficient (Wildman–Crippen LogP) is 3.87. The average Bonchev–Trinajstić information content (AvgIpc) is 2.05. The zero-order valence-corrected chi connectivity index (χ0v) is 10.5. The summed E-state index contributed by atoms with van der Waals surface area (Å²) in [4.78, 5) is 0. The molecule has 1 aliphatic carbocycles. The third kappa shape index (κ3) is 1.69. The molecule has 0 amide bonds. The van der Waals surface area contributed by atoms with Crippen LogP contribution in [-0.2, 0) is 4.74 Å². The molecule has 2 aliphatic heterocycles. The van der Waals surface area contributed by atoms with Crippen LogP contribution in [0.4, 0.5) is 0 Å². The lowest BCUT2D eigenvalue weighted by Crippen LogP contribution is -2.55. The number of halogens is 3. The monoisotopic (exact) mass is 254 g/mol. The summed E-state index contributed by atoms with van der Waals surface area (Å²) < 4.78 is 4.51. The van der Waals surface area contributed by atoms with E-state index in [1.165, 1.54) is 0 Å². The second-order valence-electron chi connectivity index (χ2n) is 4.69. The van der Waals surface area contributed by atoms with Gasteiger partial charge in [-0.25, -0.2) is 0 Å². The van der Waals surface area contributed by atoms with Crippen LogP contribution in [0.3, 0.4) is 0 Å². The number of ether oxygens (including phenoxy) is 1. The van der Waals surface area contributed by atoms with E-state index in [9.17, 15) is 0 Å². The Morgan fingerprint density at radius 3 is 2.21 bits per heavy atom. The van der Waals surface area contributed by atoms with Gasteiger partial charge in [0.1, 0.15) is 6.10 Å². The van der Waals surface area contributed by atoms with Gasteiger partial charge in [0.2, 0.25) is 3.79 Å². The van der Waals surface area contributed by atoms with E-state index in [-0.39, 0.29) is 17.1 Å². The molecular weight excluding hydrogens is 242 g/mol. The number of hydrogen-bond donors (Lipinski definition) is 0. The summed E-state index contributed by atoms with van der Waals surface area (Å²) in [5.74, 6) is 0. The van der Waals surface area contributed by atoms with Crippen molar-refractivity contribution >= 4 is 34.8 Å². The van der Waals surface area contributed by atoms with E-state index in [1.54, 1.807) is 0 Å². The van der Waals surface area contributed by atoms with Gasteiger partial charge in [0.05, 0.1) is 5.60 Å². The molecule has 0 aromatic rings. The Kier molecular flexibility index (Phi) is 2.40. The van der Waals surface area contributed by atoms with Crippen LogP contribution in [0.2, 0.25) is 0 Å². The van der Waals surface area contributed by atoms with E-state index in [4.69, 9.17) is 39.5 Å².